The second-order valence-corrected chi connectivity index (χ2v) is 5.43. The summed E-state index contributed by atoms with van der Waals surface area (Å²) in [6.45, 7) is 3.05. The van der Waals surface area contributed by atoms with Crippen molar-refractivity contribution in [3.05, 3.63) is 34.1 Å². The van der Waals surface area contributed by atoms with Crippen molar-refractivity contribution in [2.24, 2.45) is 0 Å². The number of benzene rings is 1. The van der Waals surface area contributed by atoms with E-state index in [1.165, 1.54) is 18.9 Å². The van der Waals surface area contributed by atoms with Gasteiger partial charge in [-0.3, -0.25) is 0 Å². The number of likely N-dealkylation sites (tertiary alicyclic amines) is 1. The van der Waals surface area contributed by atoms with E-state index in [0.717, 1.165) is 24.1 Å². The normalized spacial score (nSPS) is 18.5. The van der Waals surface area contributed by atoms with Gasteiger partial charge >= 0.3 is 0 Å². The van der Waals surface area contributed by atoms with Gasteiger partial charge in [-0.1, -0.05) is 15.9 Å². The lowest BCUT2D eigenvalue weighted by Crippen LogP contribution is -2.22. The molecule has 1 fully saturated rings. The highest BCUT2D eigenvalue weighted by molar-refractivity contribution is 9.10. The molecule has 0 aliphatic carbocycles. The van der Waals surface area contributed by atoms with Crippen LogP contribution in [-0.4, -0.2) is 29.6 Å². The molecule has 17 heavy (non-hydrogen) atoms. The molecule has 2 rings (SSSR count). The highest BCUT2D eigenvalue weighted by Gasteiger charge is 2.16. The van der Waals surface area contributed by atoms with Crippen LogP contribution >= 0.6 is 15.9 Å². The molecule has 0 bridgehead atoms. The first-order valence-electron chi connectivity index (χ1n) is 6.02. The maximum absolute atomic E-state index is 13.5. The maximum Gasteiger partial charge on any atom is 0.129 e. The van der Waals surface area contributed by atoms with Crippen LogP contribution in [0.25, 0.3) is 0 Å². The fraction of sp³-hybridized carbons (Fsp3) is 0.538. The van der Waals surface area contributed by atoms with Crippen molar-refractivity contribution in [3.8, 4) is 0 Å². The van der Waals surface area contributed by atoms with E-state index < -0.39 is 6.10 Å². The second kappa shape index (κ2) is 5.94. The van der Waals surface area contributed by atoms with Crippen molar-refractivity contribution in [1.82, 2.24) is 4.90 Å². The molecule has 94 valence electrons. The summed E-state index contributed by atoms with van der Waals surface area (Å²) in [7, 11) is 0. The smallest absolute Gasteiger partial charge is 0.129 e. The van der Waals surface area contributed by atoms with Gasteiger partial charge in [0.15, 0.2) is 0 Å². The summed E-state index contributed by atoms with van der Waals surface area (Å²) in [5, 5.41) is 10.00. The van der Waals surface area contributed by atoms with E-state index in [4.69, 9.17) is 0 Å². The summed E-state index contributed by atoms with van der Waals surface area (Å²) < 4.78 is 14.3. The predicted octanol–water partition coefficient (Wildman–Crippen LogP) is 3.11. The molecule has 1 heterocycles. The van der Waals surface area contributed by atoms with Crippen molar-refractivity contribution in [2.75, 3.05) is 19.6 Å². The van der Waals surface area contributed by atoms with E-state index in [1.807, 2.05) is 0 Å². The van der Waals surface area contributed by atoms with Crippen molar-refractivity contribution in [2.45, 2.75) is 25.4 Å². The third kappa shape index (κ3) is 3.50. The third-order valence-corrected chi connectivity index (χ3v) is 3.73. The van der Waals surface area contributed by atoms with Gasteiger partial charge in [-0.2, -0.15) is 0 Å². The van der Waals surface area contributed by atoms with Crippen LogP contribution in [0.3, 0.4) is 0 Å². The van der Waals surface area contributed by atoms with E-state index >= 15 is 0 Å². The van der Waals surface area contributed by atoms with Gasteiger partial charge < -0.3 is 10.0 Å². The lowest BCUT2D eigenvalue weighted by molar-refractivity contribution is 0.145. The first-order valence-corrected chi connectivity index (χ1v) is 6.81. The van der Waals surface area contributed by atoms with Gasteiger partial charge in [0.25, 0.3) is 0 Å². The standard InChI is InChI=1S/C13H17BrFNO/c14-10-3-4-12(15)11(9-10)13(17)5-8-16-6-1-2-7-16/h3-4,9,13,17H,1-2,5-8H2. The van der Waals surface area contributed by atoms with Gasteiger partial charge in [0, 0.05) is 16.6 Å². The summed E-state index contributed by atoms with van der Waals surface area (Å²) in [4.78, 5) is 2.32. The Morgan fingerprint density at radius 1 is 1.35 bits per heavy atom. The van der Waals surface area contributed by atoms with Crippen LogP contribution in [0.1, 0.15) is 30.9 Å². The monoisotopic (exact) mass is 301 g/mol. The zero-order valence-corrected chi connectivity index (χ0v) is 11.3. The maximum atomic E-state index is 13.5. The van der Waals surface area contributed by atoms with Crippen molar-refractivity contribution in [1.29, 1.82) is 0 Å². The average molecular weight is 302 g/mol. The van der Waals surface area contributed by atoms with Crippen molar-refractivity contribution in [3.63, 3.8) is 0 Å². The number of halogens is 2. The summed E-state index contributed by atoms with van der Waals surface area (Å²) >= 11 is 3.29. The molecule has 0 amide bonds. The quantitative estimate of drug-likeness (QED) is 0.924. The van der Waals surface area contributed by atoms with Crippen LogP contribution in [0.2, 0.25) is 0 Å². The number of rotatable bonds is 4. The van der Waals surface area contributed by atoms with Gasteiger partial charge in [0.1, 0.15) is 5.82 Å². The Kier molecular flexibility index (Phi) is 4.54. The van der Waals surface area contributed by atoms with Crippen LogP contribution in [0, 0.1) is 5.82 Å². The largest absolute Gasteiger partial charge is 0.388 e. The fourth-order valence-corrected chi connectivity index (χ4v) is 2.62. The van der Waals surface area contributed by atoms with Crippen molar-refractivity contribution >= 4 is 15.9 Å². The van der Waals surface area contributed by atoms with Crippen LogP contribution in [-0.2, 0) is 0 Å². The number of aliphatic hydroxyl groups excluding tert-OH is 1. The van der Waals surface area contributed by atoms with Crippen LogP contribution in [0.4, 0.5) is 4.39 Å². The molecule has 2 nitrogen and oxygen atoms in total. The Labute approximate surface area is 110 Å². The molecule has 0 spiro atoms. The molecule has 0 radical (unpaired) electrons. The number of nitrogens with zero attached hydrogens (tertiary/aromatic N) is 1. The Hall–Kier alpha value is -0.450. The number of aliphatic hydroxyl groups is 1. The van der Waals surface area contributed by atoms with Crippen LogP contribution in [0.5, 0.6) is 0 Å². The molecule has 0 aromatic heterocycles. The first-order chi connectivity index (χ1) is 8.16. The zero-order valence-electron chi connectivity index (χ0n) is 9.70. The molecule has 1 aliphatic rings. The molecule has 1 aliphatic heterocycles. The van der Waals surface area contributed by atoms with Gasteiger partial charge in [-0.25, -0.2) is 4.39 Å². The zero-order chi connectivity index (χ0) is 12.3. The Balaban J connectivity index is 1.93. The third-order valence-electron chi connectivity index (χ3n) is 3.23. The minimum Gasteiger partial charge on any atom is -0.388 e. The second-order valence-electron chi connectivity index (χ2n) is 4.52. The minimum absolute atomic E-state index is 0.331. The molecule has 1 aromatic carbocycles. The van der Waals surface area contributed by atoms with Gasteiger partial charge in [0.2, 0.25) is 0 Å². The highest BCUT2D eigenvalue weighted by atomic mass is 79.9. The SMILES string of the molecule is OC(CCN1CCCC1)c1cc(Br)ccc1F. The van der Waals surface area contributed by atoms with E-state index in [1.54, 1.807) is 12.1 Å². The van der Waals surface area contributed by atoms with Crippen LogP contribution < -0.4 is 0 Å². The van der Waals surface area contributed by atoms with Crippen molar-refractivity contribution < 1.29 is 9.50 Å². The highest BCUT2D eigenvalue weighted by Crippen LogP contribution is 2.24. The van der Waals surface area contributed by atoms with Gasteiger partial charge in [-0.15, -0.1) is 0 Å². The van der Waals surface area contributed by atoms with Gasteiger partial charge in [-0.05, 0) is 50.6 Å². The average Bonchev–Trinajstić information content (AvgIpc) is 2.82. The molecule has 1 atom stereocenters. The van der Waals surface area contributed by atoms with E-state index in [2.05, 4.69) is 20.8 Å². The van der Waals surface area contributed by atoms with E-state index in [9.17, 15) is 9.50 Å². The lowest BCUT2D eigenvalue weighted by Gasteiger charge is -2.18. The molecular weight excluding hydrogens is 285 g/mol. The van der Waals surface area contributed by atoms with Crippen LogP contribution in [0.15, 0.2) is 22.7 Å². The number of hydrogen-bond donors (Lipinski definition) is 1. The Morgan fingerprint density at radius 2 is 2.06 bits per heavy atom. The molecule has 4 heteroatoms. The first kappa shape index (κ1) is 13.0. The summed E-state index contributed by atoms with van der Waals surface area (Å²) in [5.74, 6) is -0.331. The summed E-state index contributed by atoms with van der Waals surface area (Å²) in [6, 6.07) is 4.69. The predicted molar refractivity (Wildman–Crippen MR) is 69.4 cm³/mol. The molecule has 1 N–H and O–H groups in total. The topological polar surface area (TPSA) is 23.5 Å². The molecule has 0 saturated carbocycles. The molecule has 1 saturated heterocycles. The minimum atomic E-state index is -0.715. The number of hydrogen-bond acceptors (Lipinski definition) is 2. The lowest BCUT2D eigenvalue weighted by atomic mass is 10.1. The molecular formula is C13H17BrFNO. The Bertz CT molecular complexity index is 380. The molecule has 1 aromatic rings. The summed E-state index contributed by atoms with van der Waals surface area (Å²) in [5.41, 5.74) is 0.388. The fourth-order valence-electron chi connectivity index (χ4n) is 2.24. The van der Waals surface area contributed by atoms with Gasteiger partial charge in [0.05, 0.1) is 6.10 Å². The van der Waals surface area contributed by atoms with E-state index in [-0.39, 0.29) is 5.82 Å². The van der Waals surface area contributed by atoms with E-state index in [0.29, 0.717) is 12.0 Å². The molecule has 1 unspecified atom stereocenters. The Morgan fingerprint density at radius 3 is 2.76 bits per heavy atom. The summed E-state index contributed by atoms with van der Waals surface area (Å²) in [6.07, 6.45) is 2.35.